The zero-order chi connectivity index (χ0) is 15.2. The Morgan fingerprint density at radius 2 is 1.77 bits per heavy atom. The normalized spacial score (nSPS) is 15.9. The van der Waals surface area contributed by atoms with Crippen molar-refractivity contribution in [1.82, 2.24) is 15.1 Å². The molecule has 3 heteroatoms. The lowest BCUT2D eigenvalue weighted by Gasteiger charge is -2.26. The number of rotatable bonds is 5. The zero-order valence-electron chi connectivity index (χ0n) is 13.5. The standard InChI is InChI=1S/C19H25N3/c1-16-15-19(17-9-4-2-5-10-17)21-20-18(16)11-8-14-22-12-6-3-7-13-22/h2,4-5,9-10,15H,3,6-8,11-14H2,1H3. The van der Waals surface area contributed by atoms with Crippen LogP contribution in [0.15, 0.2) is 36.4 Å². The molecular weight excluding hydrogens is 270 g/mol. The van der Waals surface area contributed by atoms with Crippen molar-refractivity contribution < 1.29 is 0 Å². The molecule has 3 nitrogen and oxygen atoms in total. The SMILES string of the molecule is Cc1cc(-c2ccccc2)nnc1CCCN1CCCCC1. The summed E-state index contributed by atoms with van der Waals surface area (Å²) in [5.74, 6) is 0. The zero-order valence-corrected chi connectivity index (χ0v) is 13.5. The third kappa shape index (κ3) is 3.92. The van der Waals surface area contributed by atoms with Crippen LogP contribution >= 0.6 is 0 Å². The summed E-state index contributed by atoms with van der Waals surface area (Å²) in [4.78, 5) is 2.59. The summed E-state index contributed by atoms with van der Waals surface area (Å²) in [5, 5.41) is 8.88. The molecule has 0 aliphatic carbocycles. The third-order valence-corrected chi connectivity index (χ3v) is 4.49. The van der Waals surface area contributed by atoms with Gasteiger partial charge in [-0.1, -0.05) is 36.8 Å². The molecule has 1 aromatic heterocycles. The number of aryl methyl sites for hydroxylation is 2. The van der Waals surface area contributed by atoms with Crippen LogP contribution in [-0.4, -0.2) is 34.7 Å². The van der Waals surface area contributed by atoms with Crippen LogP contribution in [0.2, 0.25) is 0 Å². The van der Waals surface area contributed by atoms with E-state index in [-0.39, 0.29) is 0 Å². The van der Waals surface area contributed by atoms with E-state index >= 15 is 0 Å². The van der Waals surface area contributed by atoms with Gasteiger partial charge in [0, 0.05) is 5.56 Å². The Morgan fingerprint density at radius 1 is 1.00 bits per heavy atom. The van der Waals surface area contributed by atoms with Gasteiger partial charge < -0.3 is 4.90 Å². The first-order chi connectivity index (χ1) is 10.8. The second kappa shape index (κ2) is 7.50. The van der Waals surface area contributed by atoms with Gasteiger partial charge in [0.25, 0.3) is 0 Å². The maximum absolute atomic E-state index is 4.47. The van der Waals surface area contributed by atoms with E-state index in [1.54, 1.807) is 0 Å². The van der Waals surface area contributed by atoms with Crippen molar-refractivity contribution in [3.63, 3.8) is 0 Å². The predicted octanol–water partition coefficient (Wildman–Crippen LogP) is 3.87. The number of hydrogen-bond acceptors (Lipinski definition) is 3. The van der Waals surface area contributed by atoms with Gasteiger partial charge in [0.1, 0.15) is 0 Å². The minimum atomic E-state index is 0.970. The summed E-state index contributed by atoms with van der Waals surface area (Å²) in [6, 6.07) is 12.4. The fourth-order valence-electron chi connectivity index (χ4n) is 3.16. The first-order valence-electron chi connectivity index (χ1n) is 8.44. The summed E-state index contributed by atoms with van der Waals surface area (Å²) >= 11 is 0. The third-order valence-electron chi connectivity index (χ3n) is 4.49. The second-order valence-electron chi connectivity index (χ2n) is 6.23. The van der Waals surface area contributed by atoms with E-state index in [1.807, 2.05) is 18.2 Å². The Morgan fingerprint density at radius 3 is 2.50 bits per heavy atom. The number of likely N-dealkylation sites (tertiary alicyclic amines) is 1. The van der Waals surface area contributed by atoms with Gasteiger partial charge in [0.15, 0.2) is 0 Å². The first-order valence-corrected chi connectivity index (χ1v) is 8.44. The molecular formula is C19H25N3. The van der Waals surface area contributed by atoms with Crippen molar-refractivity contribution in [2.75, 3.05) is 19.6 Å². The second-order valence-corrected chi connectivity index (χ2v) is 6.23. The minimum Gasteiger partial charge on any atom is -0.303 e. The molecule has 0 bridgehead atoms. The van der Waals surface area contributed by atoms with Crippen LogP contribution in [0.1, 0.15) is 36.9 Å². The van der Waals surface area contributed by atoms with Crippen molar-refractivity contribution in [2.45, 2.75) is 39.0 Å². The highest BCUT2D eigenvalue weighted by molar-refractivity contribution is 5.59. The van der Waals surface area contributed by atoms with E-state index in [9.17, 15) is 0 Å². The molecule has 2 heterocycles. The molecule has 22 heavy (non-hydrogen) atoms. The van der Waals surface area contributed by atoms with E-state index in [4.69, 9.17) is 0 Å². The fourth-order valence-corrected chi connectivity index (χ4v) is 3.16. The van der Waals surface area contributed by atoms with Crippen LogP contribution in [0.4, 0.5) is 0 Å². The quantitative estimate of drug-likeness (QED) is 0.838. The van der Waals surface area contributed by atoms with Gasteiger partial charge >= 0.3 is 0 Å². The average Bonchev–Trinajstić information content (AvgIpc) is 2.58. The van der Waals surface area contributed by atoms with E-state index in [0.717, 1.165) is 23.4 Å². The van der Waals surface area contributed by atoms with Crippen molar-refractivity contribution in [3.8, 4) is 11.3 Å². The van der Waals surface area contributed by atoms with Crippen LogP contribution in [0.25, 0.3) is 11.3 Å². The van der Waals surface area contributed by atoms with Crippen molar-refractivity contribution in [1.29, 1.82) is 0 Å². The fraction of sp³-hybridized carbons (Fsp3) is 0.474. The molecule has 0 unspecified atom stereocenters. The highest BCUT2D eigenvalue weighted by Gasteiger charge is 2.10. The van der Waals surface area contributed by atoms with Crippen LogP contribution in [-0.2, 0) is 6.42 Å². The van der Waals surface area contributed by atoms with Gasteiger partial charge in [0.05, 0.1) is 11.4 Å². The van der Waals surface area contributed by atoms with Crippen molar-refractivity contribution in [2.24, 2.45) is 0 Å². The maximum atomic E-state index is 4.47. The van der Waals surface area contributed by atoms with Gasteiger partial charge in [-0.15, -0.1) is 0 Å². The lowest BCUT2D eigenvalue weighted by Crippen LogP contribution is -2.30. The molecule has 0 N–H and O–H groups in total. The molecule has 2 aromatic rings. The lowest BCUT2D eigenvalue weighted by molar-refractivity contribution is 0.226. The molecule has 1 saturated heterocycles. The maximum Gasteiger partial charge on any atom is 0.0932 e. The molecule has 3 rings (SSSR count). The lowest BCUT2D eigenvalue weighted by atomic mass is 10.1. The highest BCUT2D eigenvalue weighted by Crippen LogP contribution is 2.18. The van der Waals surface area contributed by atoms with E-state index in [2.05, 4.69) is 40.2 Å². The highest BCUT2D eigenvalue weighted by atomic mass is 15.1. The molecule has 1 aliphatic heterocycles. The Bertz CT molecular complexity index is 589. The van der Waals surface area contributed by atoms with E-state index in [1.165, 1.54) is 50.9 Å². The van der Waals surface area contributed by atoms with Crippen LogP contribution in [0.3, 0.4) is 0 Å². The summed E-state index contributed by atoms with van der Waals surface area (Å²) in [6.07, 6.45) is 6.35. The van der Waals surface area contributed by atoms with Crippen LogP contribution in [0.5, 0.6) is 0 Å². The summed E-state index contributed by atoms with van der Waals surface area (Å²) in [7, 11) is 0. The Hall–Kier alpha value is -1.74. The first kappa shape index (κ1) is 15.2. The Labute approximate surface area is 133 Å². The topological polar surface area (TPSA) is 29.0 Å². The summed E-state index contributed by atoms with van der Waals surface area (Å²) < 4.78 is 0. The van der Waals surface area contributed by atoms with Gasteiger partial charge in [-0.05, 0) is 63.9 Å². The van der Waals surface area contributed by atoms with Crippen LogP contribution in [0, 0.1) is 6.92 Å². The molecule has 0 atom stereocenters. The molecule has 1 fully saturated rings. The molecule has 0 radical (unpaired) electrons. The largest absolute Gasteiger partial charge is 0.303 e. The summed E-state index contributed by atoms with van der Waals surface area (Å²) in [6.45, 7) is 5.90. The number of hydrogen-bond donors (Lipinski definition) is 0. The monoisotopic (exact) mass is 295 g/mol. The van der Waals surface area contributed by atoms with Crippen molar-refractivity contribution >= 4 is 0 Å². The van der Waals surface area contributed by atoms with Gasteiger partial charge in [-0.25, -0.2) is 0 Å². The molecule has 0 amide bonds. The number of nitrogens with zero attached hydrogens (tertiary/aromatic N) is 3. The van der Waals surface area contributed by atoms with E-state index in [0.29, 0.717) is 0 Å². The number of aromatic nitrogens is 2. The Kier molecular flexibility index (Phi) is 5.17. The number of piperidine rings is 1. The molecule has 116 valence electrons. The molecule has 0 saturated carbocycles. The minimum absolute atomic E-state index is 0.970. The van der Waals surface area contributed by atoms with Gasteiger partial charge in [0.2, 0.25) is 0 Å². The smallest absolute Gasteiger partial charge is 0.0932 e. The number of benzene rings is 1. The van der Waals surface area contributed by atoms with Crippen LogP contribution < -0.4 is 0 Å². The average molecular weight is 295 g/mol. The van der Waals surface area contributed by atoms with Gasteiger partial charge in [-0.2, -0.15) is 10.2 Å². The van der Waals surface area contributed by atoms with E-state index < -0.39 is 0 Å². The molecule has 1 aliphatic rings. The predicted molar refractivity (Wildman–Crippen MR) is 90.8 cm³/mol. The van der Waals surface area contributed by atoms with Crippen molar-refractivity contribution in [3.05, 3.63) is 47.7 Å². The van der Waals surface area contributed by atoms with Gasteiger partial charge in [-0.3, -0.25) is 0 Å². The molecule has 0 spiro atoms. The Balaban J connectivity index is 1.58. The molecule has 1 aromatic carbocycles. The summed E-state index contributed by atoms with van der Waals surface area (Å²) in [5.41, 5.74) is 4.51.